The van der Waals surface area contributed by atoms with Crippen LogP contribution in [0.1, 0.15) is 106 Å². The molecule has 15 N–H and O–H groups in total. The van der Waals surface area contributed by atoms with Gasteiger partial charge < -0.3 is 64.8 Å². The van der Waals surface area contributed by atoms with E-state index in [2.05, 4.69) is 36.9 Å². The van der Waals surface area contributed by atoms with Gasteiger partial charge in [-0.25, -0.2) is 0 Å². The number of likely N-dealkylation sites (tertiary alicyclic amines) is 1. The molecular weight excluding hydrogens is 1080 g/mol. The molecule has 21 nitrogen and oxygen atoms in total. The molecule has 4 saturated carbocycles. The lowest BCUT2D eigenvalue weighted by Crippen LogP contribution is -2.59. The predicted octanol–water partition coefficient (Wildman–Crippen LogP) is 2.45. The van der Waals surface area contributed by atoms with Crippen LogP contribution in [0.2, 0.25) is 0 Å². The average Bonchev–Trinajstić information content (AvgIpc) is 1.89. The van der Waals surface area contributed by atoms with Gasteiger partial charge in [0, 0.05) is 44.3 Å². The molecule has 0 unspecified atom stereocenters. The fourth-order valence-electron chi connectivity index (χ4n) is 13.3. The second-order valence-corrected chi connectivity index (χ2v) is 23.8. The van der Waals surface area contributed by atoms with Crippen molar-refractivity contribution in [2.45, 2.75) is 151 Å². The first-order chi connectivity index (χ1) is 40.9. The first-order valence-electron chi connectivity index (χ1n) is 30.0. The summed E-state index contributed by atoms with van der Waals surface area (Å²) in [5.74, 6) is -2.68. The zero-order chi connectivity index (χ0) is 60.5. The van der Waals surface area contributed by atoms with E-state index < -0.39 is 89.1 Å². The number of phenols is 1. The second kappa shape index (κ2) is 30.0. The van der Waals surface area contributed by atoms with Crippen LogP contribution >= 0.6 is 0 Å². The number of benzene rings is 4. The quantitative estimate of drug-likeness (QED) is 0.0204. The Labute approximate surface area is 497 Å². The van der Waals surface area contributed by atoms with Gasteiger partial charge in [-0.05, 0) is 142 Å². The zero-order valence-corrected chi connectivity index (χ0v) is 48.3. The van der Waals surface area contributed by atoms with E-state index in [-0.39, 0.29) is 75.8 Å². The predicted molar refractivity (Wildman–Crippen MR) is 321 cm³/mol. The number of guanidine groups is 1. The molecule has 85 heavy (non-hydrogen) atoms. The third kappa shape index (κ3) is 17.9. The van der Waals surface area contributed by atoms with Crippen molar-refractivity contribution in [3.63, 3.8) is 0 Å². The van der Waals surface area contributed by atoms with Gasteiger partial charge in [-0.1, -0.05) is 103 Å². The van der Waals surface area contributed by atoms with Gasteiger partial charge in [0.05, 0.1) is 6.04 Å². The van der Waals surface area contributed by atoms with Crippen molar-refractivity contribution in [3.05, 3.63) is 138 Å². The zero-order valence-electron chi connectivity index (χ0n) is 48.3. The number of nitrogens with one attached hydrogen (secondary N) is 6. The standard InChI is InChI=1S/C64H84N12O9/c65-48(33-43-23-25-47(77)26-24-43)61(84)76-29-13-22-54(76)60(83)74-53(36-42-18-8-3-9-19-42)59(82)73-52(35-41-16-6-2-7-17-41)58(81)71-49(55(66)78)20-10-11-27-69-56(79)51(34-40-14-4-1-5-15-40)72-57(80)50(21-12-28-70-63(67)68)75-62(85)64-37-44-30-45(38-64)32-46(31-44)39-64/h1-9,14-19,23-26,44-46,48-54,77H,10-13,20-22,27-39,65H2,(H2,66,78)(H,69,79)(H,71,81)(H,72,80)(H,73,82)(H,74,83)(H,75,85)(H4,67,68,70)/t44?,45?,46?,48-,49-,50-,51-,52-,53-,54-,64?/m0/s1. The summed E-state index contributed by atoms with van der Waals surface area (Å²) in [6.45, 7) is 0.684. The molecule has 5 fully saturated rings. The summed E-state index contributed by atoms with van der Waals surface area (Å²) < 4.78 is 0. The van der Waals surface area contributed by atoms with Crippen LogP contribution in [0, 0.1) is 23.2 Å². The van der Waals surface area contributed by atoms with Crippen LogP contribution in [-0.4, -0.2) is 125 Å². The Hall–Kier alpha value is -8.33. The van der Waals surface area contributed by atoms with Gasteiger partial charge in [0.15, 0.2) is 5.96 Å². The summed E-state index contributed by atoms with van der Waals surface area (Å²) >= 11 is 0. The van der Waals surface area contributed by atoms with Gasteiger partial charge in [-0.3, -0.25) is 43.3 Å². The summed E-state index contributed by atoms with van der Waals surface area (Å²) in [6.07, 6.45) is 8.60. The molecule has 454 valence electrons. The normalized spacial score (nSPS) is 21.4. The van der Waals surface area contributed by atoms with Crippen LogP contribution in [-0.2, 0) is 64.0 Å². The van der Waals surface area contributed by atoms with Crippen molar-refractivity contribution >= 4 is 53.2 Å². The molecular formula is C64H84N12O9. The van der Waals surface area contributed by atoms with E-state index in [1.54, 1.807) is 60.7 Å². The molecule has 4 aliphatic carbocycles. The number of aliphatic imine (C=N–C) groups is 1. The molecule has 5 aliphatic rings. The highest BCUT2D eigenvalue weighted by molar-refractivity contribution is 5.97. The molecule has 4 aromatic rings. The number of nitrogens with two attached hydrogens (primary N) is 4. The summed E-state index contributed by atoms with van der Waals surface area (Å²) in [7, 11) is 0. The number of amides is 8. The lowest BCUT2D eigenvalue weighted by atomic mass is 9.49. The molecule has 4 aromatic carbocycles. The molecule has 4 bridgehead atoms. The number of phenolic OH excluding ortho intramolecular Hbond substituents is 1. The lowest BCUT2D eigenvalue weighted by molar-refractivity contribution is -0.148. The fourth-order valence-corrected chi connectivity index (χ4v) is 13.3. The highest BCUT2D eigenvalue weighted by atomic mass is 16.3. The van der Waals surface area contributed by atoms with Crippen LogP contribution in [0.4, 0.5) is 0 Å². The van der Waals surface area contributed by atoms with E-state index in [4.69, 9.17) is 22.9 Å². The number of carbonyl (C=O) groups excluding carboxylic acids is 8. The minimum absolute atomic E-state index is 0.0135. The minimum Gasteiger partial charge on any atom is -0.508 e. The highest BCUT2D eigenvalue weighted by Crippen LogP contribution is 2.60. The molecule has 9 rings (SSSR count). The maximum Gasteiger partial charge on any atom is 0.243 e. The summed E-state index contributed by atoms with van der Waals surface area (Å²) in [5.41, 5.74) is 25.9. The third-order valence-electron chi connectivity index (χ3n) is 17.3. The van der Waals surface area contributed by atoms with E-state index >= 15 is 0 Å². The number of rotatable bonds is 30. The molecule has 1 saturated heterocycles. The van der Waals surface area contributed by atoms with E-state index in [1.165, 1.54) is 17.0 Å². The Bertz CT molecular complexity index is 2930. The molecule has 0 aromatic heterocycles. The second-order valence-electron chi connectivity index (χ2n) is 23.8. The number of nitrogens with zero attached hydrogens (tertiary/aromatic N) is 2. The van der Waals surface area contributed by atoms with Gasteiger partial charge in [-0.2, -0.15) is 0 Å². The Morgan fingerprint density at radius 1 is 0.553 bits per heavy atom. The Kier molecular flexibility index (Phi) is 22.1. The van der Waals surface area contributed by atoms with Crippen LogP contribution in [0.3, 0.4) is 0 Å². The van der Waals surface area contributed by atoms with Crippen molar-refractivity contribution in [2.24, 2.45) is 51.1 Å². The molecule has 0 radical (unpaired) electrons. The van der Waals surface area contributed by atoms with Crippen LogP contribution < -0.4 is 54.8 Å². The van der Waals surface area contributed by atoms with Crippen LogP contribution in [0.5, 0.6) is 5.75 Å². The van der Waals surface area contributed by atoms with Crippen molar-refractivity contribution in [1.29, 1.82) is 0 Å². The van der Waals surface area contributed by atoms with E-state index in [0.29, 0.717) is 55.4 Å². The molecule has 1 aliphatic heterocycles. The van der Waals surface area contributed by atoms with Crippen molar-refractivity contribution in [1.82, 2.24) is 36.8 Å². The topological polar surface area (TPSA) is 349 Å². The number of unbranched alkanes of at least 4 members (excludes halogenated alkanes) is 1. The van der Waals surface area contributed by atoms with Crippen LogP contribution in [0.25, 0.3) is 0 Å². The Morgan fingerprint density at radius 2 is 1.02 bits per heavy atom. The third-order valence-corrected chi connectivity index (χ3v) is 17.3. The Morgan fingerprint density at radius 3 is 1.54 bits per heavy atom. The van der Waals surface area contributed by atoms with Gasteiger partial charge in [-0.15, -0.1) is 0 Å². The van der Waals surface area contributed by atoms with Gasteiger partial charge >= 0.3 is 0 Å². The van der Waals surface area contributed by atoms with Crippen LogP contribution in [0.15, 0.2) is 120 Å². The number of primary amides is 1. The summed E-state index contributed by atoms with van der Waals surface area (Å²) in [6, 6.07) is 26.2. The van der Waals surface area contributed by atoms with Crippen molar-refractivity contribution in [3.8, 4) is 5.75 Å². The summed E-state index contributed by atoms with van der Waals surface area (Å²) in [5, 5.41) is 27.2. The lowest BCUT2D eigenvalue weighted by Gasteiger charge is -2.55. The van der Waals surface area contributed by atoms with E-state index in [0.717, 1.165) is 55.2 Å². The largest absolute Gasteiger partial charge is 0.508 e. The SMILES string of the molecule is NC(=O)[C@H](CCCCNC(=O)[C@H](Cc1ccccc1)NC(=O)[C@H](CCCN=C(N)N)NC(=O)C12CC3CC(CC(C3)C1)C2)NC(=O)[C@H](Cc1ccccc1)NC(=O)[C@H](Cc1ccccc1)NC(=O)[C@@H]1CCCN1C(=O)[C@@H](N)Cc1ccc(O)cc1. The maximum absolute atomic E-state index is 14.5. The van der Waals surface area contributed by atoms with Gasteiger partial charge in [0.1, 0.15) is 42.0 Å². The number of hydrogen-bond acceptors (Lipinski definition) is 11. The molecule has 0 spiro atoms. The van der Waals surface area contributed by atoms with Gasteiger partial charge in [0.2, 0.25) is 47.3 Å². The van der Waals surface area contributed by atoms with Crippen molar-refractivity contribution < 1.29 is 43.5 Å². The van der Waals surface area contributed by atoms with E-state index in [1.807, 2.05) is 42.5 Å². The number of hydrogen-bond donors (Lipinski definition) is 11. The fraction of sp³-hybridized carbons (Fsp3) is 0.484. The molecule has 1 heterocycles. The van der Waals surface area contributed by atoms with E-state index in [9.17, 15) is 43.5 Å². The first-order valence-corrected chi connectivity index (χ1v) is 30.0. The monoisotopic (exact) mass is 1160 g/mol. The summed E-state index contributed by atoms with van der Waals surface area (Å²) in [4.78, 5) is 118. The van der Waals surface area contributed by atoms with Gasteiger partial charge in [0.25, 0.3) is 0 Å². The molecule has 21 heteroatoms. The molecule has 7 atom stereocenters. The van der Waals surface area contributed by atoms with Crippen molar-refractivity contribution in [2.75, 3.05) is 19.6 Å². The molecule has 8 amide bonds. The first kappa shape index (κ1) is 62.7. The average molecular weight is 1170 g/mol. The smallest absolute Gasteiger partial charge is 0.243 e. The Balaban J connectivity index is 0.889. The minimum atomic E-state index is -1.24. The number of carbonyl (C=O) groups is 8. The highest BCUT2D eigenvalue weighted by Gasteiger charge is 2.55. The number of aromatic hydroxyl groups is 1. The maximum atomic E-state index is 14.5.